The van der Waals surface area contributed by atoms with E-state index >= 15 is 0 Å². The minimum Gasteiger partial charge on any atom is -0.458 e. The number of aromatic nitrogens is 1. The third-order valence-corrected chi connectivity index (χ3v) is 6.87. The van der Waals surface area contributed by atoms with Crippen LogP contribution in [0.1, 0.15) is 51.6 Å². The van der Waals surface area contributed by atoms with Crippen molar-refractivity contribution < 1.29 is 18.8 Å². The SMILES string of the molecule is Cc1noc(C)c1C(O)c1cc2cc(CC(=O)NC(c3ccccc3)c3ccc(Cl)cc3Cl)ccc2o1. The molecule has 0 radical (unpaired) electrons. The highest BCUT2D eigenvalue weighted by Gasteiger charge is 2.24. The third kappa shape index (κ3) is 5.27. The number of nitrogens with one attached hydrogen (secondary N) is 1. The average Bonchev–Trinajstić information content (AvgIpc) is 3.45. The average molecular weight is 535 g/mol. The zero-order valence-corrected chi connectivity index (χ0v) is 21.7. The first-order valence-corrected chi connectivity index (χ1v) is 12.5. The van der Waals surface area contributed by atoms with Gasteiger partial charge < -0.3 is 19.4 Å². The van der Waals surface area contributed by atoms with Gasteiger partial charge in [0.2, 0.25) is 5.91 Å². The number of carbonyl (C=O) groups is 1. The van der Waals surface area contributed by atoms with E-state index in [1.165, 1.54) is 0 Å². The van der Waals surface area contributed by atoms with Crippen molar-refractivity contribution in [2.24, 2.45) is 0 Å². The van der Waals surface area contributed by atoms with Gasteiger partial charge in [-0.3, -0.25) is 4.79 Å². The summed E-state index contributed by atoms with van der Waals surface area (Å²) in [5.41, 5.74) is 4.28. The van der Waals surface area contributed by atoms with E-state index in [9.17, 15) is 9.90 Å². The number of aryl methyl sites for hydroxylation is 2. The number of carbonyl (C=O) groups excluding carboxylic acids is 1. The normalized spacial score (nSPS) is 13.0. The number of benzene rings is 3. The number of aliphatic hydroxyl groups is 1. The van der Waals surface area contributed by atoms with Gasteiger partial charge in [-0.15, -0.1) is 0 Å². The van der Waals surface area contributed by atoms with Gasteiger partial charge in [-0.05, 0) is 60.9 Å². The summed E-state index contributed by atoms with van der Waals surface area (Å²) < 4.78 is 11.1. The number of rotatable bonds is 7. The van der Waals surface area contributed by atoms with Crippen LogP contribution in [0.4, 0.5) is 0 Å². The molecule has 0 bridgehead atoms. The summed E-state index contributed by atoms with van der Waals surface area (Å²) in [6.07, 6.45) is -0.849. The van der Waals surface area contributed by atoms with Gasteiger partial charge in [-0.25, -0.2) is 0 Å². The molecule has 0 aliphatic heterocycles. The molecule has 2 unspecified atom stereocenters. The van der Waals surface area contributed by atoms with Crippen molar-refractivity contribution in [2.45, 2.75) is 32.4 Å². The van der Waals surface area contributed by atoms with E-state index < -0.39 is 12.1 Å². The van der Waals surface area contributed by atoms with Gasteiger partial charge in [0.15, 0.2) is 0 Å². The van der Waals surface area contributed by atoms with Gasteiger partial charge in [0.25, 0.3) is 0 Å². The fraction of sp³-hybridized carbons (Fsp3) is 0.172. The van der Waals surface area contributed by atoms with Crippen molar-refractivity contribution >= 4 is 40.1 Å². The lowest BCUT2D eigenvalue weighted by molar-refractivity contribution is -0.120. The highest BCUT2D eigenvalue weighted by atomic mass is 35.5. The van der Waals surface area contributed by atoms with Crippen molar-refractivity contribution in [3.8, 4) is 0 Å². The van der Waals surface area contributed by atoms with E-state index in [1.807, 2.05) is 48.5 Å². The van der Waals surface area contributed by atoms with Gasteiger partial charge in [-0.2, -0.15) is 0 Å². The van der Waals surface area contributed by atoms with E-state index in [2.05, 4.69) is 10.5 Å². The van der Waals surface area contributed by atoms with Crippen molar-refractivity contribution in [3.63, 3.8) is 0 Å². The summed E-state index contributed by atoms with van der Waals surface area (Å²) >= 11 is 12.6. The summed E-state index contributed by atoms with van der Waals surface area (Å²) in [6, 6.07) is 21.7. The molecule has 0 spiro atoms. The lowest BCUT2D eigenvalue weighted by Crippen LogP contribution is -2.30. The molecule has 0 saturated carbocycles. The number of hydrogen-bond acceptors (Lipinski definition) is 5. The standard InChI is InChI=1S/C29H24Cl2N2O4/c1-16-27(17(2)37-33-16)29(35)25-14-20-12-18(8-11-24(20)36-25)13-26(34)32-28(19-6-4-3-5-7-19)22-10-9-21(30)15-23(22)31/h3-12,14-15,28-29,35H,13H2,1-2H3,(H,32,34). The maximum atomic E-state index is 13.2. The molecule has 5 rings (SSSR count). The van der Waals surface area contributed by atoms with Crippen molar-refractivity contribution in [1.29, 1.82) is 0 Å². The van der Waals surface area contributed by atoms with E-state index in [0.29, 0.717) is 38.4 Å². The zero-order valence-electron chi connectivity index (χ0n) is 20.2. The Labute approximate surface area is 223 Å². The van der Waals surface area contributed by atoms with Crippen LogP contribution in [0, 0.1) is 13.8 Å². The van der Waals surface area contributed by atoms with Gasteiger partial charge in [0.05, 0.1) is 23.7 Å². The van der Waals surface area contributed by atoms with Gasteiger partial charge in [0, 0.05) is 15.4 Å². The van der Waals surface area contributed by atoms with E-state index in [4.69, 9.17) is 32.1 Å². The van der Waals surface area contributed by atoms with Crippen LogP contribution in [-0.4, -0.2) is 16.2 Å². The van der Waals surface area contributed by atoms with Crippen molar-refractivity contribution in [3.05, 3.63) is 122 Å². The molecule has 8 heteroatoms. The summed E-state index contributed by atoms with van der Waals surface area (Å²) in [6.45, 7) is 3.52. The number of fused-ring (bicyclic) bond motifs is 1. The Bertz CT molecular complexity index is 1560. The Hall–Kier alpha value is -3.58. The Kier molecular flexibility index (Phi) is 7.07. The van der Waals surface area contributed by atoms with Crippen LogP contribution in [0.5, 0.6) is 0 Å². The fourth-order valence-corrected chi connectivity index (χ4v) is 5.02. The molecular weight excluding hydrogens is 511 g/mol. The zero-order chi connectivity index (χ0) is 26.1. The summed E-state index contributed by atoms with van der Waals surface area (Å²) in [7, 11) is 0. The fourth-order valence-electron chi connectivity index (χ4n) is 4.50. The largest absolute Gasteiger partial charge is 0.458 e. The Balaban J connectivity index is 1.37. The van der Waals surface area contributed by atoms with Gasteiger partial charge >= 0.3 is 0 Å². The molecule has 37 heavy (non-hydrogen) atoms. The topological polar surface area (TPSA) is 88.5 Å². The Morgan fingerprint density at radius 3 is 2.51 bits per heavy atom. The predicted octanol–water partition coefficient (Wildman–Crippen LogP) is 6.87. The Morgan fingerprint density at radius 2 is 1.81 bits per heavy atom. The molecule has 188 valence electrons. The second-order valence-electron chi connectivity index (χ2n) is 8.92. The Morgan fingerprint density at radius 1 is 1.03 bits per heavy atom. The lowest BCUT2D eigenvalue weighted by atomic mass is 9.98. The highest BCUT2D eigenvalue weighted by molar-refractivity contribution is 6.35. The van der Waals surface area contributed by atoms with Crippen molar-refractivity contribution in [1.82, 2.24) is 10.5 Å². The molecule has 1 amide bonds. The molecule has 3 aromatic carbocycles. The molecule has 2 aromatic heterocycles. The molecule has 5 aromatic rings. The minimum absolute atomic E-state index is 0.150. The molecule has 0 saturated heterocycles. The number of furan rings is 1. The molecule has 0 aliphatic rings. The molecular formula is C29H24Cl2N2O4. The lowest BCUT2D eigenvalue weighted by Gasteiger charge is -2.21. The first-order valence-electron chi connectivity index (χ1n) is 11.7. The van der Waals surface area contributed by atoms with Crippen LogP contribution in [-0.2, 0) is 11.2 Å². The molecule has 6 nitrogen and oxygen atoms in total. The number of halogens is 2. The maximum Gasteiger partial charge on any atom is 0.225 e. The van der Waals surface area contributed by atoms with Crippen LogP contribution in [0.25, 0.3) is 11.0 Å². The monoisotopic (exact) mass is 534 g/mol. The molecule has 2 atom stereocenters. The minimum atomic E-state index is -0.999. The van der Waals surface area contributed by atoms with E-state index in [1.54, 1.807) is 38.1 Å². The quantitative estimate of drug-likeness (QED) is 0.237. The van der Waals surface area contributed by atoms with Crippen LogP contribution < -0.4 is 5.32 Å². The number of hydrogen-bond donors (Lipinski definition) is 2. The molecule has 2 N–H and O–H groups in total. The maximum absolute atomic E-state index is 13.2. The van der Waals surface area contributed by atoms with Crippen LogP contribution >= 0.6 is 23.2 Å². The number of nitrogens with zero attached hydrogens (tertiary/aromatic N) is 1. The van der Waals surface area contributed by atoms with E-state index in [-0.39, 0.29) is 12.3 Å². The first kappa shape index (κ1) is 25.1. The predicted molar refractivity (Wildman–Crippen MR) is 143 cm³/mol. The smallest absolute Gasteiger partial charge is 0.225 e. The second kappa shape index (κ2) is 10.4. The van der Waals surface area contributed by atoms with Crippen LogP contribution in [0.3, 0.4) is 0 Å². The van der Waals surface area contributed by atoms with Crippen LogP contribution in [0.15, 0.2) is 81.7 Å². The number of aliphatic hydroxyl groups excluding tert-OH is 1. The molecule has 2 heterocycles. The summed E-state index contributed by atoms with van der Waals surface area (Å²) in [4.78, 5) is 13.2. The van der Waals surface area contributed by atoms with E-state index in [0.717, 1.165) is 22.1 Å². The summed E-state index contributed by atoms with van der Waals surface area (Å²) in [5, 5.41) is 19.6. The first-order chi connectivity index (χ1) is 17.8. The highest BCUT2D eigenvalue weighted by Crippen LogP contribution is 2.33. The third-order valence-electron chi connectivity index (χ3n) is 6.31. The van der Waals surface area contributed by atoms with Gasteiger partial charge in [0.1, 0.15) is 23.2 Å². The van der Waals surface area contributed by atoms with Crippen molar-refractivity contribution in [2.75, 3.05) is 0 Å². The molecule has 0 aliphatic carbocycles. The van der Waals surface area contributed by atoms with Crippen LogP contribution in [0.2, 0.25) is 10.0 Å². The van der Waals surface area contributed by atoms with Gasteiger partial charge in [-0.1, -0.05) is 70.8 Å². The second-order valence-corrected chi connectivity index (χ2v) is 9.76. The summed E-state index contributed by atoms with van der Waals surface area (Å²) in [5.74, 6) is 0.753. The molecule has 0 fully saturated rings. The number of amides is 1.